The maximum absolute atomic E-state index is 13.9. The van der Waals surface area contributed by atoms with Crippen LogP contribution in [0.4, 0.5) is 20.6 Å². The fourth-order valence-electron chi connectivity index (χ4n) is 2.50. The first-order chi connectivity index (χ1) is 12.3. The minimum Gasteiger partial charge on any atom is -0.334 e. The van der Waals surface area contributed by atoms with E-state index in [9.17, 15) is 14.0 Å². The lowest BCUT2D eigenvalue weighted by Crippen LogP contribution is -2.39. The molecule has 140 valence electrons. The van der Waals surface area contributed by atoms with Crippen LogP contribution in [-0.2, 0) is 11.3 Å². The molecule has 7 nitrogen and oxygen atoms in total. The molecule has 0 saturated heterocycles. The van der Waals surface area contributed by atoms with Crippen LogP contribution < -0.4 is 16.0 Å². The third-order valence-corrected chi connectivity index (χ3v) is 3.75. The first-order valence-corrected chi connectivity index (χ1v) is 8.46. The van der Waals surface area contributed by atoms with Crippen molar-refractivity contribution in [2.75, 3.05) is 10.6 Å². The molecule has 8 heteroatoms. The van der Waals surface area contributed by atoms with Crippen LogP contribution in [0.25, 0.3) is 0 Å². The highest BCUT2D eigenvalue weighted by Gasteiger charge is 2.13. The number of nitrogens with zero attached hydrogens (tertiary/aromatic N) is 2. The Bertz CT molecular complexity index is 803. The molecule has 0 saturated carbocycles. The van der Waals surface area contributed by atoms with E-state index in [0.29, 0.717) is 18.7 Å². The van der Waals surface area contributed by atoms with Crippen molar-refractivity contribution < 1.29 is 14.0 Å². The van der Waals surface area contributed by atoms with Crippen molar-refractivity contribution in [1.29, 1.82) is 0 Å². The van der Waals surface area contributed by atoms with Crippen LogP contribution in [0.2, 0.25) is 0 Å². The third kappa shape index (κ3) is 5.30. The average molecular weight is 361 g/mol. The monoisotopic (exact) mass is 361 g/mol. The Balaban J connectivity index is 1.97. The second kappa shape index (κ2) is 8.46. The van der Waals surface area contributed by atoms with E-state index in [-0.39, 0.29) is 17.6 Å². The van der Waals surface area contributed by atoms with Crippen molar-refractivity contribution in [2.24, 2.45) is 0 Å². The van der Waals surface area contributed by atoms with Gasteiger partial charge in [-0.2, -0.15) is 5.10 Å². The Kier molecular flexibility index (Phi) is 6.32. The number of carbonyl (C=O) groups excluding carboxylic acids is 2. The number of urea groups is 1. The zero-order chi connectivity index (χ0) is 19.3. The predicted molar refractivity (Wildman–Crippen MR) is 98.6 cm³/mol. The molecular weight excluding hydrogens is 337 g/mol. The lowest BCUT2D eigenvalue weighted by Gasteiger charge is -2.16. The van der Waals surface area contributed by atoms with Gasteiger partial charge in [0.25, 0.3) is 0 Å². The topological polar surface area (TPSA) is 88.0 Å². The number of aromatic nitrogens is 2. The molecule has 1 atom stereocenters. The van der Waals surface area contributed by atoms with Gasteiger partial charge in [-0.1, -0.05) is 6.92 Å². The number of benzene rings is 1. The number of amides is 3. The zero-order valence-corrected chi connectivity index (χ0v) is 15.4. The fourth-order valence-corrected chi connectivity index (χ4v) is 2.50. The largest absolute Gasteiger partial charge is 0.334 e. The number of halogens is 1. The van der Waals surface area contributed by atoms with Gasteiger partial charge in [0.15, 0.2) is 0 Å². The standard InChI is InChI=1S/C18H24FN5O2/c1-5-17(25)21-14-6-7-15(19)16(9-14)22-18(26)20-12(3)10-24-13(4)8-11(2)23-24/h6-9,12H,5,10H2,1-4H3,(H,21,25)(H2,20,22,26)/t12-/m0/s1. The second-order valence-corrected chi connectivity index (χ2v) is 6.21. The highest BCUT2D eigenvalue weighted by Crippen LogP contribution is 2.19. The summed E-state index contributed by atoms with van der Waals surface area (Å²) < 4.78 is 15.7. The molecule has 0 aliphatic carbocycles. The molecule has 0 bridgehead atoms. The molecule has 26 heavy (non-hydrogen) atoms. The van der Waals surface area contributed by atoms with Crippen LogP contribution in [-0.4, -0.2) is 27.8 Å². The molecule has 0 unspecified atom stereocenters. The molecule has 0 fully saturated rings. The van der Waals surface area contributed by atoms with E-state index >= 15 is 0 Å². The molecule has 2 rings (SSSR count). The van der Waals surface area contributed by atoms with E-state index in [2.05, 4.69) is 21.0 Å². The fraction of sp³-hybridized carbons (Fsp3) is 0.389. The Morgan fingerprint density at radius 1 is 1.23 bits per heavy atom. The Hall–Kier alpha value is -2.90. The highest BCUT2D eigenvalue weighted by atomic mass is 19.1. The van der Waals surface area contributed by atoms with Crippen LogP contribution >= 0.6 is 0 Å². The molecule has 1 aromatic heterocycles. The molecular formula is C18H24FN5O2. The summed E-state index contributed by atoms with van der Waals surface area (Å²) in [5.41, 5.74) is 2.33. The zero-order valence-electron chi connectivity index (χ0n) is 15.4. The Morgan fingerprint density at radius 3 is 2.58 bits per heavy atom. The number of aryl methyl sites for hydroxylation is 2. The van der Waals surface area contributed by atoms with Crippen molar-refractivity contribution in [3.63, 3.8) is 0 Å². The summed E-state index contributed by atoms with van der Waals surface area (Å²) in [6.07, 6.45) is 0.310. The lowest BCUT2D eigenvalue weighted by molar-refractivity contribution is -0.115. The first-order valence-electron chi connectivity index (χ1n) is 8.46. The van der Waals surface area contributed by atoms with Gasteiger partial charge in [-0.25, -0.2) is 9.18 Å². The highest BCUT2D eigenvalue weighted by molar-refractivity contribution is 5.93. The van der Waals surface area contributed by atoms with Gasteiger partial charge in [0.05, 0.1) is 17.9 Å². The predicted octanol–water partition coefficient (Wildman–Crippen LogP) is 3.20. The van der Waals surface area contributed by atoms with Gasteiger partial charge in [0, 0.05) is 23.8 Å². The summed E-state index contributed by atoms with van der Waals surface area (Å²) in [6, 6.07) is 5.24. The van der Waals surface area contributed by atoms with Crippen LogP contribution in [0.5, 0.6) is 0 Å². The summed E-state index contributed by atoms with van der Waals surface area (Å²) in [5.74, 6) is -0.772. The molecule has 0 spiro atoms. The number of anilines is 2. The van der Waals surface area contributed by atoms with Crippen LogP contribution in [0.15, 0.2) is 24.3 Å². The molecule has 3 N–H and O–H groups in total. The molecule has 0 radical (unpaired) electrons. The van der Waals surface area contributed by atoms with Crippen molar-refractivity contribution >= 4 is 23.3 Å². The summed E-state index contributed by atoms with van der Waals surface area (Å²) in [7, 11) is 0. The summed E-state index contributed by atoms with van der Waals surface area (Å²) >= 11 is 0. The number of hydrogen-bond donors (Lipinski definition) is 3. The van der Waals surface area contributed by atoms with Gasteiger partial charge >= 0.3 is 6.03 Å². The van der Waals surface area contributed by atoms with E-state index in [4.69, 9.17) is 0 Å². The number of rotatable bonds is 6. The summed E-state index contributed by atoms with van der Waals surface area (Å²) in [6.45, 7) is 7.90. The van der Waals surface area contributed by atoms with E-state index in [1.165, 1.54) is 18.2 Å². The number of hydrogen-bond acceptors (Lipinski definition) is 3. The van der Waals surface area contributed by atoms with Crippen LogP contribution in [0.1, 0.15) is 31.7 Å². The van der Waals surface area contributed by atoms with Gasteiger partial charge < -0.3 is 16.0 Å². The Labute approximate surface area is 152 Å². The van der Waals surface area contributed by atoms with Crippen molar-refractivity contribution in [3.05, 3.63) is 41.5 Å². The smallest absolute Gasteiger partial charge is 0.319 e. The van der Waals surface area contributed by atoms with Gasteiger partial charge in [-0.15, -0.1) is 0 Å². The SMILES string of the molecule is CCC(=O)Nc1ccc(F)c(NC(=O)N[C@@H](C)Cn2nc(C)cc2C)c1. The maximum Gasteiger partial charge on any atom is 0.319 e. The van der Waals surface area contributed by atoms with Gasteiger partial charge in [-0.3, -0.25) is 9.48 Å². The lowest BCUT2D eigenvalue weighted by atomic mass is 10.2. The first kappa shape index (κ1) is 19.4. The number of nitrogens with one attached hydrogen (secondary N) is 3. The maximum atomic E-state index is 13.9. The van der Waals surface area contributed by atoms with Gasteiger partial charge in [0.1, 0.15) is 5.82 Å². The molecule has 1 heterocycles. The van der Waals surface area contributed by atoms with Crippen molar-refractivity contribution in [1.82, 2.24) is 15.1 Å². The number of carbonyl (C=O) groups is 2. The molecule has 0 aliphatic heterocycles. The third-order valence-electron chi connectivity index (χ3n) is 3.75. The van der Waals surface area contributed by atoms with E-state index in [1.54, 1.807) is 6.92 Å². The van der Waals surface area contributed by atoms with Crippen molar-refractivity contribution in [2.45, 2.75) is 46.7 Å². The molecule has 2 aromatic rings. The van der Waals surface area contributed by atoms with Gasteiger partial charge in [-0.05, 0) is 45.0 Å². The minimum absolute atomic E-state index is 0.00489. The van der Waals surface area contributed by atoms with Crippen molar-refractivity contribution in [3.8, 4) is 0 Å². The molecule has 3 amide bonds. The minimum atomic E-state index is -0.583. The van der Waals surface area contributed by atoms with E-state index in [0.717, 1.165) is 11.4 Å². The summed E-state index contributed by atoms with van der Waals surface area (Å²) in [5, 5.41) is 12.2. The van der Waals surface area contributed by atoms with Crippen LogP contribution in [0, 0.1) is 19.7 Å². The quantitative estimate of drug-likeness (QED) is 0.738. The molecule has 1 aromatic carbocycles. The average Bonchev–Trinajstić information content (AvgIpc) is 2.87. The van der Waals surface area contributed by atoms with Gasteiger partial charge in [0.2, 0.25) is 5.91 Å². The molecule has 0 aliphatic rings. The van der Waals surface area contributed by atoms with E-state index in [1.807, 2.05) is 31.5 Å². The normalized spacial score (nSPS) is 11.7. The Morgan fingerprint density at radius 2 is 1.96 bits per heavy atom. The summed E-state index contributed by atoms with van der Waals surface area (Å²) in [4.78, 5) is 23.6. The second-order valence-electron chi connectivity index (χ2n) is 6.21. The van der Waals surface area contributed by atoms with Crippen LogP contribution in [0.3, 0.4) is 0 Å². The van der Waals surface area contributed by atoms with E-state index < -0.39 is 11.8 Å².